The maximum Gasteiger partial charge on any atom is 0.343 e. The summed E-state index contributed by atoms with van der Waals surface area (Å²) in [6.07, 6.45) is 0. The quantitative estimate of drug-likeness (QED) is 0.461. The summed E-state index contributed by atoms with van der Waals surface area (Å²) in [6.45, 7) is 0. The second-order valence-electron chi connectivity index (χ2n) is 6.61. The zero-order valence-electron chi connectivity index (χ0n) is 16.3. The number of ether oxygens (including phenoxy) is 3. The van der Waals surface area contributed by atoms with Crippen LogP contribution in [0.25, 0.3) is 38.7 Å². The van der Waals surface area contributed by atoms with Gasteiger partial charge in [0.25, 0.3) is 5.56 Å². The molecule has 9 heteroatoms. The number of para-hydroxylation sites is 2. The Morgan fingerprint density at radius 2 is 1.67 bits per heavy atom. The highest BCUT2D eigenvalue weighted by Crippen LogP contribution is 2.34. The van der Waals surface area contributed by atoms with E-state index in [0.29, 0.717) is 44.6 Å². The molecule has 0 aliphatic rings. The van der Waals surface area contributed by atoms with Gasteiger partial charge in [-0.15, -0.1) is 0 Å². The summed E-state index contributed by atoms with van der Waals surface area (Å²) in [5, 5.41) is 0.350. The molecule has 9 nitrogen and oxygen atoms in total. The minimum Gasteiger partial charge on any atom is -0.493 e. The van der Waals surface area contributed by atoms with Crippen molar-refractivity contribution >= 4 is 44.7 Å². The molecule has 0 amide bonds. The lowest BCUT2D eigenvalue weighted by Gasteiger charge is -2.10. The number of aromatic nitrogens is 4. The fourth-order valence-corrected chi connectivity index (χ4v) is 3.70. The first kappa shape index (κ1) is 17.9. The van der Waals surface area contributed by atoms with Crippen molar-refractivity contribution in [2.24, 2.45) is 0 Å². The average Bonchev–Trinajstić information content (AvgIpc) is 3.08. The Kier molecular flexibility index (Phi) is 3.85. The fraction of sp³-hybridized carbons (Fsp3) is 0.143. The molecule has 0 spiro atoms. The van der Waals surface area contributed by atoms with Crippen molar-refractivity contribution in [3.8, 4) is 11.5 Å². The SMILES string of the molecule is COC(=O)c1c2nc3ccccc3nc2n2c1[nH]c(=O)c1cc(OC)c(OC)cc12. The predicted octanol–water partition coefficient (Wildman–Crippen LogP) is 2.68. The highest BCUT2D eigenvalue weighted by molar-refractivity contribution is 6.11. The number of aromatic amines is 1. The van der Waals surface area contributed by atoms with Crippen LogP contribution in [-0.4, -0.2) is 46.7 Å². The van der Waals surface area contributed by atoms with Gasteiger partial charge in [0.05, 0.1) is 43.3 Å². The molecule has 3 aromatic heterocycles. The van der Waals surface area contributed by atoms with Crippen LogP contribution in [0.2, 0.25) is 0 Å². The summed E-state index contributed by atoms with van der Waals surface area (Å²) in [6, 6.07) is 10.6. The molecule has 1 N–H and O–H groups in total. The molecule has 2 aromatic carbocycles. The van der Waals surface area contributed by atoms with Gasteiger partial charge in [0.2, 0.25) is 0 Å². The number of carbonyl (C=O) groups is 1. The number of hydrogen-bond acceptors (Lipinski definition) is 7. The number of esters is 1. The molecule has 0 atom stereocenters. The van der Waals surface area contributed by atoms with E-state index >= 15 is 0 Å². The van der Waals surface area contributed by atoms with E-state index in [1.165, 1.54) is 21.3 Å². The lowest BCUT2D eigenvalue weighted by atomic mass is 10.2. The van der Waals surface area contributed by atoms with Gasteiger partial charge in [0.1, 0.15) is 16.7 Å². The fourth-order valence-electron chi connectivity index (χ4n) is 3.70. The first-order chi connectivity index (χ1) is 14.6. The van der Waals surface area contributed by atoms with Crippen molar-refractivity contribution in [1.82, 2.24) is 19.4 Å². The summed E-state index contributed by atoms with van der Waals surface area (Å²) in [5.74, 6) is 0.228. The van der Waals surface area contributed by atoms with Gasteiger partial charge in [0, 0.05) is 6.07 Å². The highest BCUT2D eigenvalue weighted by Gasteiger charge is 2.25. The minimum absolute atomic E-state index is 0.138. The number of benzene rings is 2. The molecule has 0 bridgehead atoms. The number of H-pyrrole nitrogens is 1. The second kappa shape index (κ2) is 6.45. The molecule has 150 valence electrons. The molecular formula is C21H16N4O5. The summed E-state index contributed by atoms with van der Waals surface area (Å²) >= 11 is 0. The number of methoxy groups -OCH3 is 3. The Bertz CT molecular complexity index is 1550. The Morgan fingerprint density at radius 1 is 1.00 bits per heavy atom. The normalized spacial score (nSPS) is 11.4. The number of nitrogens with one attached hydrogen (secondary N) is 1. The molecule has 0 saturated carbocycles. The van der Waals surface area contributed by atoms with Crippen LogP contribution >= 0.6 is 0 Å². The van der Waals surface area contributed by atoms with Crippen molar-refractivity contribution in [2.45, 2.75) is 0 Å². The van der Waals surface area contributed by atoms with Gasteiger partial charge in [-0.25, -0.2) is 14.8 Å². The van der Waals surface area contributed by atoms with Gasteiger partial charge in [0.15, 0.2) is 17.1 Å². The molecule has 0 saturated heterocycles. The number of rotatable bonds is 3. The van der Waals surface area contributed by atoms with Crippen LogP contribution in [0.15, 0.2) is 41.2 Å². The van der Waals surface area contributed by atoms with E-state index < -0.39 is 11.5 Å². The molecule has 3 heterocycles. The predicted molar refractivity (Wildman–Crippen MR) is 111 cm³/mol. The Balaban J connectivity index is 2.08. The molecular weight excluding hydrogens is 388 g/mol. The zero-order chi connectivity index (χ0) is 21.0. The topological polar surface area (TPSA) is 108 Å². The maximum absolute atomic E-state index is 12.9. The van der Waals surface area contributed by atoms with E-state index in [1.54, 1.807) is 22.6 Å². The minimum atomic E-state index is -0.623. The van der Waals surface area contributed by atoms with Crippen LogP contribution in [0.3, 0.4) is 0 Å². The van der Waals surface area contributed by atoms with Crippen LogP contribution < -0.4 is 15.0 Å². The van der Waals surface area contributed by atoms with Gasteiger partial charge in [-0.2, -0.15) is 0 Å². The Labute approximate surface area is 168 Å². The van der Waals surface area contributed by atoms with Crippen molar-refractivity contribution in [3.63, 3.8) is 0 Å². The van der Waals surface area contributed by atoms with E-state index in [9.17, 15) is 9.59 Å². The van der Waals surface area contributed by atoms with Crippen molar-refractivity contribution < 1.29 is 19.0 Å². The first-order valence-corrected chi connectivity index (χ1v) is 9.04. The van der Waals surface area contributed by atoms with E-state index in [-0.39, 0.29) is 11.2 Å². The third-order valence-electron chi connectivity index (χ3n) is 5.07. The van der Waals surface area contributed by atoms with Crippen LogP contribution in [-0.2, 0) is 4.74 Å². The van der Waals surface area contributed by atoms with Gasteiger partial charge in [-0.1, -0.05) is 12.1 Å². The van der Waals surface area contributed by atoms with Crippen molar-refractivity contribution in [1.29, 1.82) is 0 Å². The number of carbonyl (C=O) groups excluding carboxylic acids is 1. The number of fused-ring (bicyclic) bond motifs is 6. The monoisotopic (exact) mass is 404 g/mol. The van der Waals surface area contributed by atoms with E-state index in [2.05, 4.69) is 9.97 Å². The third kappa shape index (κ3) is 2.35. The summed E-state index contributed by atoms with van der Waals surface area (Å²) in [4.78, 5) is 37.6. The third-order valence-corrected chi connectivity index (χ3v) is 5.07. The molecule has 5 rings (SSSR count). The molecule has 0 unspecified atom stereocenters. The molecule has 0 aliphatic carbocycles. The number of hydrogen-bond donors (Lipinski definition) is 1. The molecule has 30 heavy (non-hydrogen) atoms. The van der Waals surface area contributed by atoms with Crippen LogP contribution in [0.5, 0.6) is 11.5 Å². The van der Waals surface area contributed by atoms with E-state index in [4.69, 9.17) is 19.2 Å². The molecule has 0 radical (unpaired) electrons. The summed E-state index contributed by atoms with van der Waals surface area (Å²) in [7, 11) is 4.28. The van der Waals surface area contributed by atoms with Gasteiger partial charge in [-0.3, -0.25) is 9.20 Å². The summed E-state index contributed by atoms with van der Waals surface area (Å²) in [5.41, 5.74) is 2.51. The largest absolute Gasteiger partial charge is 0.493 e. The second-order valence-corrected chi connectivity index (χ2v) is 6.61. The lowest BCUT2D eigenvalue weighted by Crippen LogP contribution is -2.12. The van der Waals surface area contributed by atoms with Crippen LogP contribution in [0.1, 0.15) is 10.4 Å². The van der Waals surface area contributed by atoms with E-state index in [0.717, 1.165) is 0 Å². The van der Waals surface area contributed by atoms with Gasteiger partial charge < -0.3 is 19.2 Å². The molecule has 0 aliphatic heterocycles. The smallest absolute Gasteiger partial charge is 0.343 e. The van der Waals surface area contributed by atoms with Crippen LogP contribution in [0, 0.1) is 0 Å². The van der Waals surface area contributed by atoms with Gasteiger partial charge in [-0.05, 0) is 18.2 Å². The highest BCUT2D eigenvalue weighted by atomic mass is 16.5. The van der Waals surface area contributed by atoms with Crippen LogP contribution in [0.4, 0.5) is 0 Å². The van der Waals surface area contributed by atoms with Crippen molar-refractivity contribution in [3.05, 3.63) is 52.3 Å². The number of nitrogens with zero attached hydrogens (tertiary/aromatic N) is 3. The Hall–Kier alpha value is -4.14. The molecule has 0 fully saturated rings. The molecule has 5 aromatic rings. The van der Waals surface area contributed by atoms with Crippen molar-refractivity contribution in [2.75, 3.05) is 21.3 Å². The summed E-state index contributed by atoms with van der Waals surface area (Å²) < 4.78 is 17.4. The Morgan fingerprint density at radius 3 is 2.33 bits per heavy atom. The average molecular weight is 404 g/mol. The van der Waals surface area contributed by atoms with E-state index in [1.807, 2.05) is 18.2 Å². The lowest BCUT2D eigenvalue weighted by molar-refractivity contribution is 0.0604. The zero-order valence-corrected chi connectivity index (χ0v) is 16.3. The first-order valence-electron chi connectivity index (χ1n) is 9.04. The standard InChI is InChI=1S/C21H16N4O5/c1-28-14-8-10-13(9-15(14)29-2)25-18(24-20(10)26)16(21(27)30-3)17-19(25)23-12-7-5-4-6-11(12)22-17/h4-9H,1-3H3,(H,24,26). The maximum atomic E-state index is 12.9. The van der Waals surface area contributed by atoms with Gasteiger partial charge >= 0.3 is 5.97 Å².